The van der Waals surface area contributed by atoms with Crippen LogP contribution in [0.4, 0.5) is 0 Å². The van der Waals surface area contributed by atoms with E-state index in [-0.39, 0.29) is 0 Å². The first-order valence-electron chi connectivity index (χ1n) is 8.56. The van der Waals surface area contributed by atoms with Crippen molar-refractivity contribution in [2.45, 2.75) is 31.9 Å². The first-order valence-corrected chi connectivity index (χ1v) is 8.56. The van der Waals surface area contributed by atoms with E-state index in [9.17, 15) is 0 Å². The quantitative estimate of drug-likeness (QED) is 0.608. The molecule has 2 N–H and O–H groups in total. The SMILES string of the molecule is CN=C(NCCc1cccc(OCc2ccccc2)c1)NC1CC1. The minimum Gasteiger partial charge on any atom is -0.489 e. The Morgan fingerprint density at radius 2 is 1.88 bits per heavy atom. The molecule has 0 aromatic heterocycles. The van der Waals surface area contributed by atoms with Crippen molar-refractivity contribution in [1.82, 2.24) is 10.6 Å². The number of nitrogens with one attached hydrogen (secondary N) is 2. The number of benzene rings is 2. The van der Waals surface area contributed by atoms with Gasteiger partial charge >= 0.3 is 0 Å². The lowest BCUT2D eigenvalue weighted by Crippen LogP contribution is -2.39. The largest absolute Gasteiger partial charge is 0.489 e. The van der Waals surface area contributed by atoms with Gasteiger partial charge in [0, 0.05) is 19.6 Å². The number of hydrogen-bond acceptors (Lipinski definition) is 2. The fraction of sp³-hybridized carbons (Fsp3) is 0.350. The normalized spacial score (nSPS) is 14.3. The Bertz CT molecular complexity index is 666. The predicted octanol–water partition coefficient (Wildman–Crippen LogP) is 3.14. The molecule has 0 spiro atoms. The van der Waals surface area contributed by atoms with Crippen LogP contribution < -0.4 is 15.4 Å². The number of nitrogens with zero attached hydrogens (tertiary/aromatic N) is 1. The predicted molar refractivity (Wildman–Crippen MR) is 98.4 cm³/mol. The van der Waals surface area contributed by atoms with Crippen LogP contribution in [0.2, 0.25) is 0 Å². The van der Waals surface area contributed by atoms with Crippen LogP contribution >= 0.6 is 0 Å². The molecule has 0 saturated heterocycles. The van der Waals surface area contributed by atoms with E-state index in [0.717, 1.165) is 24.7 Å². The molecule has 0 unspecified atom stereocenters. The van der Waals surface area contributed by atoms with Crippen LogP contribution in [-0.2, 0) is 13.0 Å². The van der Waals surface area contributed by atoms with Gasteiger partial charge in [0.25, 0.3) is 0 Å². The van der Waals surface area contributed by atoms with Gasteiger partial charge in [0.15, 0.2) is 5.96 Å². The van der Waals surface area contributed by atoms with E-state index >= 15 is 0 Å². The molecule has 4 nitrogen and oxygen atoms in total. The van der Waals surface area contributed by atoms with Crippen molar-refractivity contribution in [2.24, 2.45) is 4.99 Å². The van der Waals surface area contributed by atoms with Crippen LogP contribution in [-0.4, -0.2) is 25.6 Å². The molecule has 0 heterocycles. The van der Waals surface area contributed by atoms with Gasteiger partial charge in [-0.05, 0) is 42.5 Å². The third-order valence-corrected chi connectivity index (χ3v) is 3.99. The van der Waals surface area contributed by atoms with Gasteiger partial charge in [-0.15, -0.1) is 0 Å². The highest BCUT2D eigenvalue weighted by atomic mass is 16.5. The average molecular weight is 323 g/mol. The average Bonchev–Trinajstić information content (AvgIpc) is 3.44. The van der Waals surface area contributed by atoms with Crippen molar-refractivity contribution in [3.05, 3.63) is 65.7 Å². The number of guanidine groups is 1. The second-order valence-electron chi connectivity index (χ2n) is 6.09. The zero-order chi connectivity index (χ0) is 16.6. The van der Waals surface area contributed by atoms with Crippen molar-refractivity contribution in [3.8, 4) is 5.75 Å². The molecule has 1 aliphatic carbocycles. The number of rotatable bonds is 7. The van der Waals surface area contributed by atoms with E-state index in [1.807, 2.05) is 37.4 Å². The van der Waals surface area contributed by atoms with Crippen molar-refractivity contribution in [2.75, 3.05) is 13.6 Å². The monoisotopic (exact) mass is 323 g/mol. The summed E-state index contributed by atoms with van der Waals surface area (Å²) in [7, 11) is 1.82. The molecule has 0 aliphatic heterocycles. The summed E-state index contributed by atoms with van der Waals surface area (Å²) in [6, 6.07) is 19.1. The topological polar surface area (TPSA) is 45.7 Å². The van der Waals surface area contributed by atoms with Gasteiger partial charge < -0.3 is 15.4 Å². The summed E-state index contributed by atoms with van der Waals surface area (Å²) < 4.78 is 5.89. The Balaban J connectivity index is 1.46. The summed E-state index contributed by atoms with van der Waals surface area (Å²) in [5.41, 5.74) is 2.44. The Hall–Kier alpha value is -2.49. The van der Waals surface area contributed by atoms with Gasteiger partial charge in [-0.25, -0.2) is 0 Å². The molecule has 0 atom stereocenters. The highest BCUT2D eigenvalue weighted by Crippen LogP contribution is 2.18. The number of hydrogen-bond donors (Lipinski definition) is 2. The Labute approximate surface area is 144 Å². The molecule has 0 amide bonds. The van der Waals surface area contributed by atoms with Crippen molar-refractivity contribution in [1.29, 1.82) is 0 Å². The van der Waals surface area contributed by atoms with Crippen molar-refractivity contribution in [3.63, 3.8) is 0 Å². The molecule has 1 fully saturated rings. The highest BCUT2D eigenvalue weighted by Gasteiger charge is 2.21. The minimum absolute atomic E-state index is 0.598. The third kappa shape index (κ3) is 5.30. The highest BCUT2D eigenvalue weighted by molar-refractivity contribution is 5.80. The van der Waals surface area contributed by atoms with Gasteiger partial charge in [0.2, 0.25) is 0 Å². The standard InChI is InChI=1S/C20H25N3O/c1-21-20(23-18-10-11-18)22-13-12-16-8-5-9-19(14-16)24-15-17-6-3-2-4-7-17/h2-9,14,18H,10-13,15H2,1H3,(H2,21,22,23). The minimum atomic E-state index is 0.598. The molecule has 3 rings (SSSR count). The Morgan fingerprint density at radius 1 is 1.08 bits per heavy atom. The van der Waals surface area contributed by atoms with Crippen molar-refractivity contribution >= 4 is 5.96 Å². The molecular weight excluding hydrogens is 298 g/mol. The van der Waals surface area contributed by atoms with Crippen LogP contribution in [0.5, 0.6) is 5.75 Å². The van der Waals surface area contributed by atoms with Crippen LogP contribution in [0, 0.1) is 0 Å². The van der Waals surface area contributed by atoms with Gasteiger partial charge in [0.1, 0.15) is 12.4 Å². The lowest BCUT2D eigenvalue weighted by molar-refractivity contribution is 0.306. The van der Waals surface area contributed by atoms with Crippen LogP contribution in [0.25, 0.3) is 0 Å². The maximum absolute atomic E-state index is 5.89. The summed E-state index contributed by atoms with van der Waals surface area (Å²) in [5.74, 6) is 1.81. The molecule has 126 valence electrons. The van der Waals surface area contributed by atoms with Gasteiger partial charge in [0.05, 0.1) is 0 Å². The van der Waals surface area contributed by atoms with Crippen LogP contribution in [0.1, 0.15) is 24.0 Å². The molecular formula is C20H25N3O. The van der Waals surface area contributed by atoms with E-state index in [0.29, 0.717) is 12.6 Å². The first-order chi connectivity index (χ1) is 11.8. The summed E-state index contributed by atoms with van der Waals surface area (Å²) in [4.78, 5) is 4.25. The maximum atomic E-state index is 5.89. The number of ether oxygens (including phenoxy) is 1. The van der Waals surface area contributed by atoms with Gasteiger partial charge in [-0.1, -0.05) is 42.5 Å². The van der Waals surface area contributed by atoms with E-state index in [1.54, 1.807) is 0 Å². The van der Waals surface area contributed by atoms with E-state index in [1.165, 1.54) is 24.0 Å². The smallest absolute Gasteiger partial charge is 0.191 e. The van der Waals surface area contributed by atoms with Crippen molar-refractivity contribution < 1.29 is 4.74 Å². The Kier molecular flexibility index (Phi) is 5.72. The molecule has 0 radical (unpaired) electrons. The zero-order valence-electron chi connectivity index (χ0n) is 14.2. The van der Waals surface area contributed by atoms with Gasteiger partial charge in [-0.2, -0.15) is 0 Å². The summed E-state index contributed by atoms with van der Waals surface area (Å²) in [5, 5.41) is 6.76. The molecule has 0 bridgehead atoms. The fourth-order valence-electron chi connectivity index (χ4n) is 2.47. The second kappa shape index (κ2) is 8.39. The second-order valence-corrected chi connectivity index (χ2v) is 6.09. The summed E-state index contributed by atoms with van der Waals surface area (Å²) in [6.07, 6.45) is 3.44. The molecule has 2 aromatic rings. The molecule has 24 heavy (non-hydrogen) atoms. The number of aliphatic imine (C=N–C) groups is 1. The molecule has 4 heteroatoms. The lowest BCUT2D eigenvalue weighted by atomic mass is 10.1. The molecule has 1 aliphatic rings. The fourth-order valence-corrected chi connectivity index (χ4v) is 2.47. The first kappa shape index (κ1) is 16.4. The molecule has 1 saturated carbocycles. The van der Waals surface area contributed by atoms with E-state index in [2.05, 4.69) is 39.9 Å². The van der Waals surface area contributed by atoms with Crippen LogP contribution in [0.15, 0.2) is 59.6 Å². The third-order valence-electron chi connectivity index (χ3n) is 3.99. The van der Waals surface area contributed by atoms with Crippen LogP contribution in [0.3, 0.4) is 0 Å². The van der Waals surface area contributed by atoms with E-state index in [4.69, 9.17) is 4.74 Å². The maximum Gasteiger partial charge on any atom is 0.191 e. The zero-order valence-corrected chi connectivity index (χ0v) is 14.2. The summed E-state index contributed by atoms with van der Waals surface area (Å²) >= 11 is 0. The summed E-state index contributed by atoms with van der Waals surface area (Å²) in [6.45, 7) is 1.45. The lowest BCUT2D eigenvalue weighted by Gasteiger charge is -2.12. The molecule has 2 aromatic carbocycles. The Morgan fingerprint density at radius 3 is 2.62 bits per heavy atom. The van der Waals surface area contributed by atoms with E-state index < -0.39 is 0 Å². The van der Waals surface area contributed by atoms with Gasteiger partial charge in [-0.3, -0.25) is 4.99 Å².